The fraction of sp³-hybridized carbons (Fsp3) is 0.350. The van der Waals surface area contributed by atoms with Gasteiger partial charge in [0.25, 0.3) is 11.8 Å². The third-order valence-corrected chi connectivity index (χ3v) is 4.84. The van der Waals surface area contributed by atoms with Crippen molar-refractivity contribution >= 4 is 23.5 Å². The summed E-state index contributed by atoms with van der Waals surface area (Å²) in [6, 6.07) is 8.56. The minimum Gasteiger partial charge on any atom is -0.357 e. The zero-order valence-corrected chi connectivity index (χ0v) is 16.1. The van der Waals surface area contributed by atoms with Crippen molar-refractivity contribution in [2.75, 3.05) is 38.0 Å². The van der Waals surface area contributed by atoms with E-state index < -0.39 is 0 Å². The Balaban J connectivity index is 1.60. The Kier molecular flexibility index (Phi) is 5.98. The second-order valence-corrected chi connectivity index (χ2v) is 6.63. The van der Waals surface area contributed by atoms with E-state index in [0.717, 1.165) is 5.56 Å². The molecule has 8 nitrogen and oxygen atoms in total. The molecule has 0 atom stereocenters. The molecule has 1 aromatic heterocycles. The smallest absolute Gasteiger partial charge is 0.321 e. The molecule has 148 valence electrons. The Hall–Kier alpha value is -3.29. The lowest BCUT2D eigenvalue weighted by molar-refractivity contribution is 0.0666. The Morgan fingerprint density at radius 3 is 2.39 bits per heavy atom. The van der Waals surface area contributed by atoms with Gasteiger partial charge in [0.1, 0.15) is 5.69 Å². The van der Waals surface area contributed by atoms with Crippen LogP contribution in [0.1, 0.15) is 33.3 Å². The molecule has 3 rings (SSSR count). The van der Waals surface area contributed by atoms with Gasteiger partial charge in [-0.15, -0.1) is 0 Å². The summed E-state index contributed by atoms with van der Waals surface area (Å²) in [4.78, 5) is 43.5. The molecule has 3 N–H and O–H groups in total. The van der Waals surface area contributed by atoms with Crippen LogP contribution in [-0.2, 0) is 0 Å². The predicted molar refractivity (Wildman–Crippen MR) is 106 cm³/mol. The summed E-state index contributed by atoms with van der Waals surface area (Å²) in [7, 11) is 0. The molecule has 0 saturated carbocycles. The number of urea groups is 1. The summed E-state index contributed by atoms with van der Waals surface area (Å²) in [6.07, 6.45) is 1.72. The Morgan fingerprint density at radius 2 is 1.75 bits per heavy atom. The van der Waals surface area contributed by atoms with E-state index in [4.69, 9.17) is 0 Å². The van der Waals surface area contributed by atoms with Crippen molar-refractivity contribution in [1.29, 1.82) is 0 Å². The second kappa shape index (κ2) is 8.60. The number of aromatic amines is 1. The Bertz CT molecular complexity index is 855. The van der Waals surface area contributed by atoms with Crippen molar-refractivity contribution in [2.24, 2.45) is 0 Å². The standard InChI is InChI=1S/C20H25N5O3/c1-3-21-18(26)15-6-4-7-16(14(15)2)23-20(28)25-12-10-24(11-13-25)19(27)17-8-5-9-22-17/h4-9,22H,3,10-13H2,1-2H3,(H,21,26)(H,23,28). The van der Waals surface area contributed by atoms with Crippen molar-refractivity contribution in [1.82, 2.24) is 20.1 Å². The van der Waals surface area contributed by atoms with Gasteiger partial charge >= 0.3 is 6.03 Å². The average Bonchev–Trinajstić information content (AvgIpc) is 3.24. The average molecular weight is 383 g/mol. The molecule has 0 spiro atoms. The SMILES string of the molecule is CCNC(=O)c1cccc(NC(=O)N2CCN(C(=O)c3ccc[nH]3)CC2)c1C. The van der Waals surface area contributed by atoms with Gasteiger partial charge in [0, 0.05) is 50.2 Å². The first kappa shape index (κ1) is 19.5. The van der Waals surface area contributed by atoms with Gasteiger partial charge in [0.2, 0.25) is 0 Å². The van der Waals surface area contributed by atoms with Crippen LogP contribution in [0.4, 0.5) is 10.5 Å². The third kappa shape index (κ3) is 4.16. The van der Waals surface area contributed by atoms with E-state index >= 15 is 0 Å². The number of H-pyrrole nitrogens is 1. The minimum absolute atomic E-state index is 0.0597. The molecular weight excluding hydrogens is 358 g/mol. The van der Waals surface area contributed by atoms with Gasteiger partial charge in [-0.3, -0.25) is 9.59 Å². The van der Waals surface area contributed by atoms with Crippen LogP contribution in [0.15, 0.2) is 36.5 Å². The Morgan fingerprint density at radius 1 is 1.04 bits per heavy atom. The number of carbonyl (C=O) groups is 3. The molecule has 0 unspecified atom stereocenters. The molecule has 0 bridgehead atoms. The van der Waals surface area contributed by atoms with E-state index in [1.807, 2.05) is 13.8 Å². The highest BCUT2D eigenvalue weighted by molar-refractivity contribution is 5.99. The van der Waals surface area contributed by atoms with E-state index in [-0.39, 0.29) is 17.8 Å². The van der Waals surface area contributed by atoms with Crippen molar-refractivity contribution in [3.05, 3.63) is 53.3 Å². The second-order valence-electron chi connectivity index (χ2n) is 6.63. The number of aromatic nitrogens is 1. The van der Waals surface area contributed by atoms with Gasteiger partial charge in [-0.1, -0.05) is 6.07 Å². The van der Waals surface area contributed by atoms with Crippen molar-refractivity contribution < 1.29 is 14.4 Å². The van der Waals surface area contributed by atoms with Crippen LogP contribution in [-0.4, -0.2) is 65.4 Å². The predicted octanol–water partition coefficient (Wildman–Crippen LogP) is 2.06. The number of hydrogen-bond donors (Lipinski definition) is 3. The van der Waals surface area contributed by atoms with Gasteiger partial charge in [-0.05, 0) is 43.7 Å². The minimum atomic E-state index is -0.233. The number of nitrogens with one attached hydrogen (secondary N) is 3. The zero-order chi connectivity index (χ0) is 20.1. The first-order valence-electron chi connectivity index (χ1n) is 9.37. The summed E-state index contributed by atoms with van der Waals surface area (Å²) in [5.41, 5.74) is 2.43. The fourth-order valence-electron chi connectivity index (χ4n) is 3.21. The number of piperazine rings is 1. The van der Waals surface area contributed by atoms with E-state index in [1.54, 1.807) is 46.3 Å². The van der Waals surface area contributed by atoms with Gasteiger partial charge < -0.3 is 25.4 Å². The van der Waals surface area contributed by atoms with E-state index in [1.165, 1.54) is 0 Å². The van der Waals surface area contributed by atoms with Crippen LogP contribution < -0.4 is 10.6 Å². The van der Waals surface area contributed by atoms with Crippen molar-refractivity contribution in [3.8, 4) is 0 Å². The molecule has 1 aliphatic rings. The number of hydrogen-bond acceptors (Lipinski definition) is 3. The molecule has 1 fully saturated rings. The van der Waals surface area contributed by atoms with E-state index in [9.17, 15) is 14.4 Å². The highest BCUT2D eigenvalue weighted by Gasteiger charge is 2.25. The molecule has 4 amide bonds. The summed E-state index contributed by atoms with van der Waals surface area (Å²) in [5.74, 6) is -0.219. The lowest BCUT2D eigenvalue weighted by Crippen LogP contribution is -2.51. The topological polar surface area (TPSA) is 97.5 Å². The largest absolute Gasteiger partial charge is 0.357 e. The number of benzene rings is 1. The maximum absolute atomic E-state index is 12.6. The summed E-state index contributed by atoms with van der Waals surface area (Å²) in [6.45, 7) is 6.07. The highest BCUT2D eigenvalue weighted by Crippen LogP contribution is 2.20. The van der Waals surface area contributed by atoms with Crippen LogP contribution in [0.25, 0.3) is 0 Å². The number of anilines is 1. The summed E-state index contributed by atoms with van der Waals surface area (Å²) in [5, 5.41) is 5.66. The molecule has 1 aliphatic heterocycles. The molecular formula is C20H25N5O3. The fourth-order valence-corrected chi connectivity index (χ4v) is 3.21. The lowest BCUT2D eigenvalue weighted by atomic mass is 10.1. The maximum atomic E-state index is 12.6. The van der Waals surface area contributed by atoms with Crippen molar-refractivity contribution in [3.63, 3.8) is 0 Å². The molecule has 1 aromatic carbocycles. The zero-order valence-electron chi connectivity index (χ0n) is 16.1. The van der Waals surface area contributed by atoms with Crippen LogP contribution in [0.5, 0.6) is 0 Å². The normalized spacial score (nSPS) is 13.9. The summed E-state index contributed by atoms with van der Waals surface area (Å²) >= 11 is 0. The van der Waals surface area contributed by atoms with Gasteiger partial charge in [0.05, 0.1) is 0 Å². The van der Waals surface area contributed by atoms with Crippen LogP contribution in [0.2, 0.25) is 0 Å². The quantitative estimate of drug-likeness (QED) is 0.754. The molecule has 8 heteroatoms. The number of nitrogens with zero attached hydrogens (tertiary/aromatic N) is 2. The van der Waals surface area contributed by atoms with Crippen molar-refractivity contribution in [2.45, 2.75) is 13.8 Å². The Labute approximate surface area is 163 Å². The lowest BCUT2D eigenvalue weighted by Gasteiger charge is -2.34. The molecule has 2 heterocycles. The number of rotatable bonds is 4. The van der Waals surface area contributed by atoms with E-state index in [0.29, 0.717) is 49.7 Å². The van der Waals surface area contributed by atoms with Gasteiger partial charge in [-0.2, -0.15) is 0 Å². The highest BCUT2D eigenvalue weighted by atomic mass is 16.2. The maximum Gasteiger partial charge on any atom is 0.321 e. The van der Waals surface area contributed by atoms with Crippen LogP contribution in [0.3, 0.4) is 0 Å². The first-order chi connectivity index (χ1) is 13.5. The number of amides is 4. The molecule has 2 aromatic rings. The molecule has 28 heavy (non-hydrogen) atoms. The third-order valence-electron chi connectivity index (χ3n) is 4.84. The van der Waals surface area contributed by atoms with Gasteiger partial charge in [0.15, 0.2) is 0 Å². The van der Waals surface area contributed by atoms with Gasteiger partial charge in [-0.25, -0.2) is 4.79 Å². The number of carbonyl (C=O) groups excluding carboxylic acids is 3. The molecule has 1 saturated heterocycles. The van der Waals surface area contributed by atoms with E-state index in [2.05, 4.69) is 15.6 Å². The molecule has 0 radical (unpaired) electrons. The van der Waals surface area contributed by atoms with Crippen LogP contribution >= 0.6 is 0 Å². The molecule has 0 aliphatic carbocycles. The van der Waals surface area contributed by atoms with Crippen LogP contribution in [0, 0.1) is 6.92 Å². The monoisotopic (exact) mass is 383 g/mol. The first-order valence-corrected chi connectivity index (χ1v) is 9.37. The summed E-state index contributed by atoms with van der Waals surface area (Å²) < 4.78 is 0.